The number of anilines is 2. The van der Waals surface area contributed by atoms with Crippen LogP contribution >= 0.6 is 0 Å². The van der Waals surface area contributed by atoms with Gasteiger partial charge in [0.05, 0.1) is 0 Å². The Balaban J connectivity index is 0.000000924. The van der Waals surface area contributed by atoms with Gasteiger partial charge in [0, 0.05) is 35.4 Å². The van der Waals surface area contributed by atoms with Crippen LogP contribution in [0.5, 0.6) is 0 Å². The average molecular weight is 310 g/mol. The fourth-order valence-corrected chi connectivity index (χ4v) is 1.88. The third-order valence-corrected chi connectivity index (χ3v) is 3.02. The maximum Gasteiger partial charge on any atom is 0.161 e. The molecule has 1 N–H and O–H groups in total. The van der Waals surface area contributed by atoms with Crippen LogP contribution in [-0.4, -0.2) is 15.0 Å². The van der Waals surface area contributed by atoms with E-state index in [0.29, 0.717) is 5.82 Å². The molecule has 0 spiro atoms. The summed E-state index contributed by atoms with van der Waals surface area (Å²) in [7, 11) is 0. The fraction of sp³-hybridized carbons (Fsp3) is 0.167. The molecule has 0 bridgehead atoms. The van der Waals surface area contributed by atoms with Crippen LogP contribution in [0.3, 0.4) is 0 Å². The number of hydrogen-bond acceptors (Lipinski definition) is 4. The zero-order valence-electron chi connectivity index (χ0n) is 13.4. The summed E-state index contributed by atoms with van der Waals surface area (Å²) in [4.78, 5) is 12.8. The summed E-state index contributed by atoms with van der Waals surface area (Å²) >= 11 is 0. The maximum absolute atomic E-state index is 13.0. The first kappa shape index (κ1) is 16.5. The first-order valence-electron chi connectivity index (χ1n) is 7.49. The number of nitrogens with zero attached hydrogens (tertiary/aromatic N) is 3. The molecule has 0 fully saturated rings. The Morgan fingerprint density at radius 2 is 1.61 bits per heavy atom. The van der Waals surface area contributed by atoms with Crippen molar-refractivity contribution in [3.05, 3.63) is 66.4 Å². The predicted molar refractivity (Wildman–Crippen MR) is 91.0 cm³/mol. The van der Waals surface area contributed by atoms with E-state index in [1.165, 1.54) is 12.1 Å². The molecule has 3 aromatic rings. The molecule has 0 radical (unpaired) electrons. The van der Waals surface area contributed by atoms with E-state index < -0.39 is 0 Å². The normalized spacial score (nSPS) is 9.74. The predicted octanol–water partition coefficient (Wildman–Crippen LogP) is 4.76. The lowest BCUT2D eigenvalue weighted by atomic mass is 10.2. The van der Waals surface area contributed by atoms with Crippen molar-refractivity contribution in [1.29, 1.82) is 0 Å². The molecule has 0 amide bonds. The molecule has 23 heavy (non-hydrogen) atoms. The molecule has 3 rings (SSSR count). The minimum absolute atomic E-state index is 0.277. The quantitative estimate of drug-likeness (QED) is 0.758. The summed E-state index contributed by atoms with van der Waals surface area (Å²) in [6.07, 6.45) is 5.16. The zero-order valence-corrected chi connectivity index (χ0v) is 13.4. The molecule has 4 nitrogen and oxygen atoms in total. The largest absolute Gasteiger partial charge is 0.340 e. The topological polar surface area (TPSA) is 50.7 Å². The lowest BCUT2D eigenvalue weighted by Crippen LogP contribution is -2.00. The highest BCUT2D eigenvalue weighted by atomic mass is 19.1. The maximum atomic E-state index is 13.0. The van der Waals surface area contributed by atoms with E-state index in [0.717, 1.165) is 22.6 Å². The molecule has 0 aliphatic carbocycles. The van der Waals surface area contributed by atoms with E-state index in [2.05, 4.69) is 20.3 Å². The van der Waals surface area contributed by atoms with Crippen molar-refractivity contribution in [3.8, 4) is 11.4 Å². The second-order valence-electron chi connectivity index (χ2n) is 4.59. The van der Waals surface area contributed by atoms with Gasteiger partial charge in [-0.2, -0.15) is 0 Å². The molecule has 2 heterocycles. The molecule has 1 aromatic carbocycles. The van der Waals surface area contributed by atoms with Gasteiger partial charge in [-0.05, 0) is 43.3 Å². The number of pyridine rings is 1. The van der Waals surface area contributed by atoms with E-state index in [4.69, 9.17) is 0 Å². The van der Waals surface area contributed by atoms with Crippen molar-refractivity contribution in [2.24, 2.45) is 0 Å². The van der Waals surface area contributed by atoms with Crippen LogP contribution in [0.4, 0.5) is 15.9 Å². The van der Waals surface area contributed by atoms with Gasteiger partial charge in [0.1, 0.15) is 11.6 Å². The van der Waals surface area contributed by atoms with Gasteiger partial charge in [0.25, 0.3) is 0 Å². The number of nitrogens with one attached hydrogen (secondary N) is 1. The Bertz CT molecular complexity index is 743. The van der Waals surface area contributed by atoms with Crippen molar-refractivity contribution in [2.45, 2.75) is 20.8 Å². The first-order chi connectivity index (χ1) is 11.2. The van der Waals surface area contributed by atoms with Gasteiger partial charge in [-0.3, -0.25) is 4.98 Å². The van der Waals surface area contributed by atoms with Gasteiger partial charge in [-0.1, -0.05) is 13.8 Å². The third kappa shape index (κ3) is 4.32. The smallest absolute Gasteiger partial charge is 0.161 e. The number of benzene rings is 1. The second-order valence-corrected chi connectivity index (χ2v) is 4.59. The Labute approximate surface area is 135 Å². The SMILES string of the molecule is CC.Cc1cnc(-c2ccc(F)cc2)nc1Nc1ccncc1. The molecule has 118 valence electrons. The van der Waals surface area contributed by atoms with E-state index >= 15 is 0 Å². The molecule has 0 atom stereocenters. The van der Waals surface area contributed by atoms with Crippen LogP contribution in [0.15, 0.2) is 55.0 Å². The zero-order chi connectivity index (χ0) is 16.7. The first-order valence-corrected chi connectivity index (χ1v) is 7.49. The van der Waals surface area contributed by atoms with Crippen molar-refractivity contribution in [2.75, 3.05) is 5.32 Å². The lowest BCUT2D eigenvalue weighted by molar-refractivity contribution is 0.628. The standard InChI is InChI=1S/C16H13FN4.C2H6/c1-11-10-19-16(12-2-4-13(17)5-3-12)21-15(11)20-14-6-8-18-9-7-14;1-2/h2-10H,1H3,(H,18,19,20,21);1-2H3. The van der Waals surface area contributed by atoms with E-state index in [1.54, 1.807) is 30.7 Å². The Morgan fingerprint density at radius 3 is 2.26 bits per heavy atom. The summed E-state index contributed by atoms with van der Waals surface area (Å²) in [6.45, 7) is 5.93. The summed E-state index contributed by atoms with van der Waals surface area (Å²) in [5.74, 6) is 0.994. The summed E-state index contributed by atoms with van der Waals surface area (Å²) in [5.41, 5.74) is 2.60. The van der Waals surface area contributed by atoms with Gasteiger partial charge < -0.3 is 5.32 Å². The van der Waals surface area contributed by atoms with Crippen LogP contribution in [0.25, 0.3) is 11.4 Å². The molecular weight excluding hydrogens is 291 g/mol. The van der Waals surface area contributed by atoms with E-state index in [1.807, 2.05) is 32.9 Å². The van der Waals surface area contributed by atoms with Gasteiger partial charge in [0.15, 0.2) is 5.82 Å². The van der Waals surface area contributed by atoms with Crippen molar-refractivity contribution in [1.82, 2.24) is 15.0 Å². The molecule has 0 aliphatic heterocycles. The summed E-state index contributed by atoms with van der Waals surface area (Å²) in [6, 6.07) is 9.84. The van der Waals surface area contributed by atoms with Crippen molar-refractivity contribution >= 4 is 11.5 Å². The van der Waals surface area contributed by atoms with Crippen molar-refractivity contribution < 1.29 is 4.39 Å². The number of aromatic nitrogens is 3. The molecule has 2 aromatic heterocycles. The highest BCUT2D eigenvalue weighted by molar-refractivity contribution is 5.62. The van der Waals surface area contributed by atoms with Crippen LogP contribution in [0.2, 0.25) is 0 Å². The van der Waals surface area contributed by atoms with Crippen LogP contribution in [0, 0.1) is 12.7 Å². The Hall–Kier alpha value is -2.82. The number of hydrogen-bond donors (Lipinski definition) is 1. The average Bonchev–Trinajstić information content (AvgIpc) is 2.60. The Morgan fingerprint density at radius 1 is 0.957 bits per heavy atom. The highest BCUT2D eigenvalue weighted by Crippen LogP contribution is 2.21. The third-order valence-electron chi connectivity index (χ3n) is 3.02. The second kappa shape index (κ2) is 7.98. The molecule has 0 saturated heterocycles. The summed E-state index contributed by atoms with van der Waals surface area (Å²) in [5, 5.41) is 3.23. The molecule has 5 heteroatoms. The van der Waals surface area contributed by atoms with E-state index in [-0.39, 0.29) is 5.82 Å². The van der Waals surface area contributed by atoms with Crippen LogP contribution in [-0.2, 0) is 0 Å². The fourth-order valence-electron chi connectivity index (χ4n) is 1.88. The molecule has 0 saturated carbocycles. The number of aryl methyl sites for hydroxylation is 1. The minimum atomic E-state index is -0.277. The number of halogens is 1. The lowest BCUT2D eigenvalue weighted by Gasteiger charge is -2.09. The van der Waals surface area contributed by atoms with Gasteiger partial charge in [0.2, 0.25) is 0 Å². The minimum Gasteiger partial charge on any atom is -0.340 e. The molecule has 0 aliphatic rings. The monoisotopic (exact) mass is 310 g/mol. The molecule has 0 unspecified atom stereocenters. The van der Waals surface area contributed by atoms with Crippen LogP contribution in [0.1, 0.15) is 19.4 Å². The van der Waals surface area contributed by atoms with Crippen molar-refractivity contribution in [3.63, 3.8) is 0 Å². The van der Waals surface area contributed by atoms with Gasteiger partial charge in [-0.15, -0.1) is 0 Å². The van der Waals surface area contributed by atoms with Gasteiger partial charge in [-0.25, -0.2) is 14.4 Å². The summed E-state index contributed by atoms with van der Waals surface area (Å²) < 4.78 is 13.0. The number of rotatable bonds is 3. The van der Waals surface area contributed by atoms with Crippen LogP contribution < -0.4 is 5.32 Å². The van der Waals surface area contributed by atoms with Gasteiger partial charge >= 0.3 is 0 Å². The highest BCUT2D eigenvalue weighted by Gasteiger charge is 2.06. The molecular formula is C18H19FN4. The Kier molecular flexibility index (Phi) is 5.74. The van der Waals surface area contributed by atoms with E-state index in [9.17, 15) is 4.39 Å².